The van der Waals surface area contributed by atoms with Crippen LogP contribution in [-0.4, -0.2) is 45.9 Å². The second kappa shape index (κ2) is 5.85. The predicted molar refractivity (Wildman–Crippen MR) is 78.3 cm³/mol. The fraction of sp³-hybridized carbons (Fsp3) is 0.714. The fourth-order valence-electron chi connectivity index (χ4n) is 3.55. The Balaban J connectivity index is 1.68. The first kappa shape index (κ1) is 14.1. The first-order valence-electron chi connectivity index (χ1n) is 7.27. The Morgan fingerprint density at radius 3 is 2.65 bits per heavy atom. The molecule has 2 atom stereocenters. The number of hydrogen-bond donors (Lipinski definition) is 0. The summed E-state index contributed by atoms with van der Waals surface area (Å²) in [4.78, 5) is 14.3. The average Bonchev–Trinajstić information content (AvgIpc) is 2.98. The predicted octanol–water partition coefficient (Wildman–Crippen LogP) is 2.38. The topological polar surface area (TPSA) is 47.4 Å². The lowest BCUT2D eigenvalue weighted by Crippen LogP contribution is -2.48. The molecular formula is C14H20BrN3O2. The van der Waals surface area contributed by atoms with Gasteiger partial charge in [-0.15, -0.1) is 0 Å². The van der Waals surface area contributed by atoms with Gasteiger partial charge in [0.25, 0.3) is 0 Å². The summed E-state index contributed by atoms with van der Waals surface area (Å²) in [6.45, 7) is 2.74. The van der Waals surface area contributed by atoms with Crippen LogP contribution in [0, 0.1) is 0 Å². The van der Waals surface area contributed by atoms with Crippen molar-refractivity contribution in [1.82, 2.24) is 14.7 Å². The summed E-state index contributed by atoms with van der Waals surface area (Å²) in [7, 11) is 0. The molecule has 3 heterocycles. The second-order valence-electron chi connectivity index (χ2n) is 5.59. The van der Waals surface area contributed by atoms with Crippen molar-refractivity contribution in [3.63, 3.8) is 0 Å². The lowest BCUT2D eigenvalue weighted by molar-refractivity contribution is -0.141. The Morgan fingerprint density at radius 2 is 2.10 bits per heavy atom. The van der Waals surface area contributed by atoms with Crippen molar-refractivity contribution in [2.45, 2.75) is 50.7 Å². The molecule has 110 valence electrons. The summed E-state index contributed by atoms with van der Waals surface area (Å²) in [5, 5.41) is 4.40. The fourth-order valence-corrected chi connectivity index (χ4v) is 3.85. The number of nitrogens with zero attached hydrogens (tertiary/aromatic N) is 3. The van der Waals surface area contributed by atoms with Crippen molar-refractivity contribution in [3.05, 3.63) is 16.9 Å². The van der Waals surface area contributed by atoms with E-state index in [9.17, 15) is 4.79 Å². The van der Waals surface area contributed by atoms with Gasteiger partial charge in [-0.1, -0.05) is 0 Å². The van der Waals surface area contributed by atoms with Crippen molar-refractivity contribution in [3.8, 4) is 0 Å². The van der Waals surface area contributed by atoms with E-state index in [2.05, 4.69) is 25.9 Å². The molecule has 1 amide bonds. The van der Waals surface area contributed by atoms with E-state index in [1.807, 2.05) is 24.0 Å². The molecule has 0 spiro atoms. The van der Waals surface area contributed by atoms with Gasteiger partial charge in [-0.25, -0.2) is 0 Å². The molecule has 2 saturated heterocycles. The standard InChI is InChI=1S/C14H20BrN3O2/c1-2-20-9-14(19)18-11-3-4-12(18)6-13(5-11)17-8-10(15)7-16-17/h7-8,11-13H,2-6,9H2,1H3. The van der Waals surface area contributed by atoms with Gasteiger partial charge < -0.3 is 9.64 Å². The highest BCUT2D eigenvalue weighted by Crippen LogP contribution is 2.40. The zero-order valence-electron chi connectivity index (χ0n) is 11.7. The molecule has 0 N–H and O–H groups in total. The molecule has 20 heavy (non-hydrogen) atoms. The smallest absolute Gasteiger partial charge is 0.249 e. The van der Waals surface area contributed by atoms with Crippen molar-refractivity contribution in [2.75, 3.05) is 13.2 Å². The molecule has 2 fully saturated rings. The lowest BCUT2D eigenvalue weighted by atomic mass is 9.97. The lowest BCUT2D eigenvalue weighted by Gasteiger charge is -2.39. The number of aromatic nitrogens is 2. The van der Waals surface area contributed by atoms with Gasteiger partial charge >= 0.3 is 0 Å². The van der Waals surface area contributed by atoms with Gasteiger partial charge in [0.2, 0.25) is 5.91 Å². The first-order valence-corrected chi connectivity index (χ1v) is 8.07. The second-order valence-corrected chi connectivity index (χ2v) is 6.50. The Labute approximate surface area is 127 Å². The van der Waals surface area contributed by atoms with Crippen LogP contribution >= 0.6 is 15.9 Å². The number of hydrogen-bond acceptors (Lipinski definition) is 3. The summed E-state index contributed by atoms with van der Waals surface area (Å²) >= 11 is 3.44. The van der Waals surface area contributed by atoms with Crippen LogP contribution in [0.1, 0.15) is 38.6 Å². The maximum Gasteiger partial charge on any atom is 0.249 e. The monoisotopic (exact) mass is 341 g/mol. The summed E-state index contributed by atoms with van der Waals surface area (Å²) < 4.78 is 8.33. The number of carbonyl (C=O) groups excluding carboxylic acids is 1. The highest BCUT2D eigenvalue weighted by atomic mass is 79.9. The molecule has 2 aliphatic rings. The molecule has 0 aliphatic carbocycles. The largest absolute Gasteiger partial charge is 0.372 e. The van der Waals surface area contributed by atoms with E-state index >= 15 is 0 Å². The molecule has 2 aliphatic heterocycles. The summed E-state index contributed by atoms with van der Waals surface area (Å²) in [6, 6.07) is 1.12. The zero-order chi connectivity index (χ0) is 14.1. The van der Waals surface area contributed by atoms with Crippen molar-refractivity contribution in [2.24, 2.45) is 0 Å². The van der Waals surface area contributed by atoms with Crippen LogP contribution in [0.2, 0.25) is 0 Å². The normalized spacial score (nSPS) is 28.9. The van der Waals surface area contributed by atoms with Crippen LogP contribution in [-0.2, 0) is 9.53 Å². The SMILES string of the molecule is CCOCC(=O)N1C2CCC1CC(n1cc(Br)cn1)C2. The van der Waals surface area contributed by atoms with Crippen molar-refractivity contribution in [1.29, 1.82) is 0 Å². The van der Waals surface area contributed by atoms with E-state index in [4.69, 9.17) is 4.74 Å². The van der Waals surface area contributed by atoms with Gasteiger partial charge in [0.15, 0.2) is 0 Å². The van der Waals surface area contributed by atoms with Gasteiger partial charge in [-0.3, -0.25) is 9.48 Å². The number of carbonyl (C=O) groups is 1. The molecule has 0 radical (unpaired) electrons. The van der Waals surface area contributed by atoms with E-state index < -0.39 is 0 Å². The quantitative estimate of drug-likeness (QED) is 0.844. The van der Waals surface area contributed by atoms with Crippen LogP contribution in [0.3, 0.4) is 0 Å². The Hall–Kier alpha value is -0.880. The molecule has 0 aromatic carbocycles. The number of amides is 1. The van der Waals surface area contributed by atoms with Gasteiger partial charge in [0, 0.05) is 24.9 Å². The van der Waals surface area contributed by atoms with E-state index in [0.717, 1.165) is 30.2 Å². The first-order chi connectivity index (χ1) is 9.69. The van der Waals surface area contributed by atoms with E-state index in [0.29, 0.717) is 24.7 Å². The molecule has 0 saturated carbocycles. The minimum atomic E-state index is 0.152. The molecule has 5 nitrogen and oxygen atoms in total. The van der Waals surface area contributed by atoms with Gasteiger partial charge in [0.05, 0.1) is 16.7 Å². The van der Waals surface area contributed by atoms with E-state index in [1.54, 1.807) is 0 Å². The van der Waals surface area contributed by atoms with Crippen LogP contribution < -0.4 is 0 Å². The van der Waals surface area contributed by atoms with Gasteiger partial charge in [-0.05, 0) is 48.5 Å². The summed E-state index contributed by atoms with van der Waals surface area (Å²) in [5.74, 6) is 0.152. The molecule has 1 aromatic heterocycles. The molecule has 6 heteroatoms. The zero-order valence-corrected chi connectivity index (χ0v) is 13.3. The maximum absolute atomic E-state index is 12.2. The van der Waals surface area contributed by atoms with Crippen LogP contribution in [0.15, 0.2) is 16.9 Å². The number of piperidine rings is 1. The highest BCUT2D eigenvalue weighted by molar-refractivity contribution is 9.10. The molecular weight excluding hydrogens is 322 g/mol. The molecule has 1 aromatic rings. The Morgan fingerprint density at radius 1 is 1.40 bits per heavy atom. The number of fused-ring (bicyclic) bond motifs is 2. The van der Waals surface area contributed by atoms with Gasteiger partial charge in [0.1, 0.15) is 6.61 Å². The van der Waals surface area contributed by atoms with Gasteiger partial charge in [-0.2, -0.15) is 5.10 Å². The minimum absolute atomic E-state index is 0.152. The summed E-state index contributed by atoms with van der Waals surface area (Å²) in [6.07, 6.45) is 8.09. The Kier molecular flexibility index (Phi) is 4.12. The minimum Gasteiger partial charge on any atom is -0.372 e. The van der Waals surface area contributed by atoms with E-state index in [1.165, 1.54) is 0 Å². The number of ether oxygens (including phenoxy) is 1. The number of rotatable bonds is 4. The highest BCUT2D eigenvalue weighted by Gasteiger charge is 2.43. The average molecular weight is 342 g/mol. The maximum atomic E-state index is 12.2. The molecule has 3 rings (SSSR count). The summed E-state index contributed by atoms with van der Waals surface area (Å²) in [5.41, 5.74) is 0. The molecule has 2 bridgehead atoms. The molecule has 2 unspecified atom stereocenters. The van der Waals surface area contributed by atoms with Crippen LogP contribution in [0.4, 0.5) is 0 Å². The van der Waals surface area contributed by atoms with Crippen LogP contribution in [0.5, 0.6) is 0 Å². The third-order valence-electron chi connectivity index (χ3n) is 4.37. The van der Waals surface area contributed by atoms with Crippen LogP contribution in [0.25, 0.3) is 0 Å². The third-order valence-corrected chi connectivity index (χ3v) is 4.78. The van der Waals surface area contributed by atoms with Crippen molar-refractivity contribution < 1.29 is 9.53 Å². The number of halogens is 1. The van der Waals surface area contributed by atoms with E-state index in [-0.39, 0.29) is 12.5 Å². The van der Waals surface area contributed by atoms with Crippen molar-refractivity contribution >= 4 is 21.8 Å². The third kappa shape index (κ3) is 2.63. The Bertz CT molecular complexity index is 477.